The minimum Gasteiger partial charge on any atom is -0.473 e. The van der Waals surface area contributed by atoms with Gasteiger partial charge < -0.3 is 19.9 Å². The van der Waals surface area contributed by atoms with Crippen molar-refractivity contribution in [1.29, 1.82) is 0 Å². The Bertz CT molecular complexity index is 292. The molecule has 0 spiro atoms. The van der Waals surface area contributed by atoms with Crippen molar-refractivity contribution in [2.45, 2.75) is 31.9 Å². The Balaban J connectivity index is 2.16. The van der Waals surface area contributed by atoms with Crippen LogP contribution in [-0.4, -0.2) is 52.9 Å². The quantitative estimate of drug-likeness (QED) is 0.654. The number of aromatic nitrogens is 2. The van der Waals surface area contributed by atoms with E-state index in [9.17, 15) is 5.11 Å². The van der Waals surface area contributed by atoms with Crippen LogP contribution >= 0.6 is 11.7 Å². The first kappa shape index (κ1) is 15.3. The number of nitrogens with one attached hydrogen (secondary N) is 1. The van der Waals surface area contributed by atoms with E-state index in [-0.39, 0.29) is 12.6 Å². The lowest BCUT2D eigenvalue weighted by Crippen LogP contribution is -2.40. The molecule has 2 unspecified atom stereocenters. The van der Waals surface area contributed by atoms with E-state index in [2.05, 4.69) is 21.0 Å². The van der Waals surface area contributed by atoms with Crippen LogP contribution in [0.1, 0.15) is 19.8 Å². The molecule has 2 atom stereocenters. The summed E-state index contributed by atoms with van der Waals surface area (Å²) in [4.78, 5) is 0. The van der Waals surface area contributed by atoms with Crippen molar-refractivity contribution >= 4 is 11.7 Å². The minimum absolute atomic E-state index is 0.213. The van der Waals surface area contributed by atoms with Crippen molar-refractivity contribution < 1.29 is 14.6 Å². The molecule has 2 N–H and O–H groups in total. The highest BCUT2D eigenvalue weighted by Gasteiger charge is 2.11. The lowest BCUT2D eigenvalue weighted by atomic mass is 10.2. The first-order valence-electron chi connectivity index (χ1n) is 6.07. The van der Waals surface area contributed by atoms with Crippen LogP contribution in [0.3, 0.4) is 0 Å². The number of nitrogens with zero attached hydrogens (tertiary/aromatic N) is 2. The van der Waals surface area contributed by atoms with Crippen molar-refractivity contribution in [3.63, 3.8) is 0 Å². The van der Waals surface area contributed by atoms with Crippen molar-refractivity contribution in [3.05, 3.63) is 6.20 Å². The van der Waals surface area contributed by atoms with Crippen molar-refractivity contribution in [1.82, 2.24) is 14.1 Å². The van der Waals surface area contributed by atoms with Gasteiger partial charge in [0.05, 0.1) is 18.3 Å². The van der Waals surface area contributed by atoms with Gasteiger partial charge in [-0.15, -0.1) is 4.37 Å². The van der Waals surface area contributed by atoms with E-state index in [1.54, 1.807) is 7.11 Å². The molecule has 7 heteroatoms. The SMILES string of the molecule is CCCC(COC)NCC(O)COc1cnsn1. The van der Waals surface area contributed by atoms with Crippen LogP contribution in [0.2, 0.25) is 0 Å². The molecule has 1 aromatic heterocycles. The summed E-state index contributed by atoms with van der Waals surface area (Å²) in [5, 5.41) is 13.0. The Labute approximate surface area is 112 Å². The molecule has 0 aromatic carbocycles. The summed E-state index contributed by atoms with van der Waals surface area (Å²) in [6.45, 7) is 3.46. The maximum atomic E-state index is 9.76. The Kier molecular flexibility index (Phi) is 7.83. The molecule has 6 nitrogen and oxygen atoms in total. The highest BCUT2D eigenvalue weighted by molar-refractivity contribution is 6.99. The summed E-state index contributed by atoms with van der Waals surface area (Å²) in [6, 6.07) is 0.274. The van der Waals surface area contributed by atoms with E-state index in [1.807, 2.05) is 0 Å². The number of hydrogen-bond acceptors (Lipinski definition) is 7. The Morgan fingerprint density at radius 2 is 2.33 bits per heavy atom. The van der Waals surface area contributed by atoms with E-state index < -0.39 is 6.10 Å². The van der Waals surface area contributed by atoms with Crippen LogP contribution in [0.25, 0.3) is 0 Å². The third-order valence-corrected chi connectivity index (χ3v) is 2.87. The zero-order chi connectivity index (χ0) is 13.2. The van der Waals surface area contributed by atoms with Gasteiger partial charge >= 0.3 is 0 Å². The zero-order valence-corrected chi connectivity index (χ0v) is 11.7. The summed E-state index contributed by atoms with van der Waals surface area (Å²) < 4.78 is 18.1. The molecule has 0 aliphatic carbocycles. The number of aliphatic hydroxyl groups is 1. The van der Waals surface area contributed by atoms with Crippen LogP contribution in [0.4, 0.5) is 0 Å². The molecule has 0 saturated heterocycles. The van der Waals surface area contributed by atoms with Crippen LogP contribution in [0.5, 0.6) is 5.88 Å². The van der Waals surface area contributed by atoms with Crippen LogP contribution in [0, 0.1) is 0 Å². The Hall–Kier alpha value is -0.760. The third-order valence-electron chi connectivity index (χ3n) is 2.41. The molecule has 0 fully saturated rings. The lowest BCUT2D eigenvalue weighted by molar-refractivity contribution is 0.0931. The predicted octanol–water partition coefficient (Wildman–Crippen LogP) is 0.682. The monoisotopic (exact) mass is 275 g/mol. The second-order valence-electron chi connectivity index (χ2n) is 4.06. The number of methoxy groups -OCH3 is 1. The van der Waals surface area contributed by atoms with Crippen LogP contribution in [-0.2, 0) is 4.74 Å². The highest BCUT2D eigenvalue weighted by Crippen LogP contribution is 2.05. The molecule has 0 radical (unpaired) electrons. The average molecular weight is 275 g/mol. The number of aliphatic hydroxyl groups excluding tert-OH is 1. The smallest absolute Gasteiger partial charge is 0.245 e. The summed E-state index contributed by atoms with van der Waals surface area (Å²) >= 11 is 1.08. The molecule has 104 valence electrons. The molecule has 0 aliphatic rings. The molecule has 1 rings (SSSR count). The fourth-order valence-corrected chi connectivity index (χ4v) is 1.92. The first-order valence-corrected chi connectivity index (χ1v) is 6.80. The van der Waals surface area contributed by atoms with Crippen LogP contribution in [0.15, 0.2) is 6.20 Å². The van der Waals surface area contributed by atoms with Gasteiger partial charge in [0.15, 0.2) is 0 Å². The molecule has 0 amide bonds. The fourth-order valence-electron chi connectivity index (χ4n) is 1.56. The largest absolute Gasteiger partial charge is 0.473 e. The second-order valence-corrected chi connectivity index (χ2v) is 4.62. The van der Waals surface area contributed by atoms with Gasteiger partial charge in [-0.1, -0.05) is 13.3 Å². The average Bonchev–Trinajstić information content (AvgIpc) is 2.87. The number of hydrogen-bond donors (Lipinski definition) is 2. The molecule has 0 bridgehead atoms. The molecule has 0 saturated carbocycles. The van der Waals surface area contributed by atoms with E-state index in [4.69, 9.17) is 9.47 Å². The highest BCUT2D eigenvalue weighted by atomic mass is 32.1. The lowest BCUT2D eigenvalue weighted by Gasteiger charge is -2.19. The minimum atomic E-state index is -0.567. The van der Waals surface area contributed by atoms with E-state index >= 15 is 0 Å². The van der Waals surface area contributed by atoms with Crippen molar-refractivity contribution in [3.8, 4) is 5.88 Å². The first-order chi connectivity index (χ1) is 8.76. The maximum Gasteiger partial charge on any atom is 0.245 e. The number of rotatable bonds is 10. The van der Waals surface area contributed by atoms with Gasteiger partial charge in [0, 0.05) is 19.7 Å². The summed E-state index contributed by atoms with van der Waals surface area (Å²) in [5.74, 6) is 0.459. The van der Waals surface area contributed by atoms with Gasteiger partial charge in [0.1, 0.15) is 18.9 Å². The van der Waals surface area contributed by atoms with E-state index in [0.29, 0.717) is 19.0 Å². The molecular formula is C11H21N3O3S. The summed E-state index contributed by atoms with van der Waals surface area (Å²) in [6.07, 6.45) is 3.08. The third kappa shape index (κ3) is 6.25. The van der Waals surface area contributed by atoms with Crippen molar-refractivity contribution in [2.75, 3.05) is 26.9 Å². The topological polar surface area (TPSA) is 76.5 Å². The zero-order valence-electron chi connectivity index (χ0n) is 10.8. The molecule has 1 aromatic rings. The maximum absolute atomic E-state index is 9.76. The summed E-state index contributed by atoms with van der Waals surface area (Å²) in [5.41, 5.74) is 0. The van der Waals surface area contributed by atoms with Gasteiger partial charge in [-0.2, -0.15) is 4.37 Å². The van der Waals surface area contributed by atoms with Gasteiger partial charge in [0.25, 0.3) is 0 Å². The second kappa shape index (κ2) is 9.21. The summed E-state index contributed by atoms with van der Waals surface area (Å²) in [7, 11) is 1.68. The van der Waals surface area contributed by atoms with Gasteiger partial charge in [-0.3, -0.25) is 0 Å². The van der Waals surface area contributed by atoms with Crippen LogP contribution < -0.4 is 10.1 Å². The van der Waals surface area contributed by atoms with E-state index in [1.165, 1.54) is 6.20 Å². The Morgan fingerprint density at radius 1 is 1.50 bits per heavy atom. The van der Waals surface area contributed by atoms with Gasteiger partial charge in [0.2, 0.25) is 5.88 Å². The predicted molar refractivity (Wildman–Crippen MR) is 70.0 cm³/mol. The molecular weight excluding hydrogens is 254 g/mol. The Morgan fingerprint density at radius 3 is 2.94 bits per heavy atom. The number of ether oxygens (including phenoxy) is 2. The van der Waals surface area contributed by atoms with Gasteiger partial charge in [-0.05, 0) is 6.42 Å². The standard InChI is InChI=1S/C11H21N3O3S/c1-3-4-9(7-16-2)12-5-10(15)8-17-11-6-13-18-14-11/h6,9-10,12,15H,3-5,7-8H2,1-2H3. The fraction of sp³-hybridized carbons (Fsp3) is 0.818. The molecule has 18 heavy (non-hydrogen) atoms. The van der Waals surface area contributed by atoms with E-state index in [0.717, 1.165) is 24.6 Å². The van der Waals surface area contributed by atoms with Gasteiger partial charge in [-0.25, -0.2) is 0 Å². The molecule has 0 aliphatic heterocycles. The molecule has 1 heterocycles. The van der Waals surface area contributed by atoms with Crippen molar-refractivity contribution in [2.24, 2.45) is 0 Å². The normalized spacial score (nSPS) is 14.4.